The molecule has 11 heavy (non-hydrogen) atoms. The fraction of sp³-hybridized carbons (Fsp3) is 0.250. The molecule has 0 radical (unpaired) electrons. The Balaban J connectivity index is 4.17. The zero-order valence-corrected chi connectivity index (χ0v) is 7.44. The van der Waals surface area contributed by atoms with E-state index in [9.17, 15) is 0 Å². The van der Waals surface area contributed by atoms with Crippen LogP contribution in [0, 0.1) is 5.41 Å². The Morgan fingerprint density at radius 1 is 1.55 bits per heavy atom. The third kappa shape index (κ3) is 7.00. The summed E-state index contributed by atoms with van der Waals surface area (Å²) in [4.78, 5) is 3.93. The summed E-state index contributed by atoms with van der Waals surface area (Å²) in [5, 5.41) is 6.93. The lowest BCUT2D eigenvalue weighted by molar-refractivity contribution is 1.33. The molecule has 0 saturated carbocycles. The van der Waals surface area contributed by atoms with Crippen LogP contribution in [0.2, 0.25) is 0 Å². The summed E-state index contributed by atoms with van der Waals surface area (Å²) in [5.74, 6) is 0. The monoisotopic (exact) mass is 170 g/mol. The van der Waals surface area contributed by atoms with Crippen LogP contribution in [0.3, 0.4) is 0 Å². The van der Waals surface area contributed by atoms with Crippen molar-refractivity contribution in [2.45, 2.75) is 13.8 Å². The third-order valence-electron chi connectivity index (χ3n) is 0.843. The smallest absolute Gasteiger partial charge is 0.121 e. The Morgan fingerprint density at radius 3 is 2.45 bits per heavy atom. The van der Waals surface area contributed by atoms with Crippen molar-refractivity contribution in [2.75, 3.05) is 0 Å². The number of nitrogens with zero attached hydrogens (tertiary/aromatic N) is 1. The SMILES string of the molecule is C=C(C)N=C/C(C)=C\C(=N)Cl. The molecule has 0 spiro atoms. The molecule has 60 valence electrons. The standard InChI is InChI=1S/C8H11ClN2/c1-6(2)11-5-7(3)4-8(9)10/h4-5,10H,1H2,2-3H3/b7-4-,10-8?,11-5?. The third-order valence-corrected chi connectivity index (χ3v) is 0.952. The van der Waals surface area contributed by atoms with Crippen LogP contribution in [-0.2, 0) is 0 Å². The molecule has 0 aliphatic heterocycles. The van der Waals surface area contributed by atoms with Crippen molar-refractivity contribution in [3.63, 3.8) is 0 Å². The quantitative estimate of drug-likeness (QED) is 0.633. The minimum absolute atomic E-state index is 0.00988. The van der Waals surface area contributed by atoms with E-state index in [2.05, 4.69) is 11.6 Å². The first-order chi connectivity index (χ1) is 5.02. The van der Waals surface area contributed by atoms with Crippen LogP contribution in [-0.4, -0.2) is 11.4 Å². The second-order valence-corrected chi connectivity index (χ2v) is 2.64. The molecule has 0 unspecified atom stereocenters. The number of rotatable bonds is 3. The highest BCUT2D eigenvalue weighted by Gasteiger charge is 1.85. The van der Waals surface area contributed by atoms with Gasteiger partial charge in [0.1, 0.15) is 5.17 Å². The van der Waals surface area contributed by atoms with Gasteiger partial charge in [-0.25, -0.2) is 0 Å². The molecule has 0 aliphatic rings. The molecular formula is C8H11ClN2. The van der Waals surface area contributed by atoms with Gasteiger partial charge in [-0.05, 0) is 25.5 Å². The van der Waals surface area contributed by atoms with Gasteiger partial charge in [0, 0.05) is 11.9 Å². The van der Waals surface area contributed by atoms with Crippen LogP contribution in [0.15, 0.2) is 28.9 Å². The van der Waals surface area contributed by atoms with E-state index in [1.54, 1.807) is 13.1 Å². The summed E-state index contributed by atoms with van der Waals surface area (Å²) in [7, 11) is 0. The van der Waals surface area contributed by atoms with E-state index in [0.717, 1.165) is 11.3 Å². The van der Waals surface area contributed by atoms with Crippen molar-refractivity contribution in [1.29, 1.82) is 5.41 Å². The fourth-order valence-corrected chi connectivity index (χ4v) is 0.621. The summed E-state index contributed by atoms with van der Waals surface area (Å²) in [5.41, 5.74) is 1.58. The Labute approximate surface area is 71.8 Å². The van der Waals surface area contributed by atoms with Crippen molar-refractivity contribution in [2.24, 2.45) is 4.99 Å². The normalized spacial score (nSPS) is 12.1. The van der Waals surface area contributed by atoms with Crippen molar-refractivity contribution >= 4 is 23.0 Å². The highest BCUT2D eigenvalue weighted by atomic mass is 35.5. The first kappa shape index (κ1) is 10.1. The van der Waals surface area contributed by atoms with Gasteiger partial charge in [0.25, 0.3) is 0 Å². The predicted molar refractivity (Wildman–Crippen MR) is 50.6 cm³/mol. The number of nitrogens with one attached hydrogen (secondary N) is 1. The second kappa shape index (κ2) is 4.85. The van der Waals surface area contributed by atoms with E-state index in [-0.39, 0.29) is 5.17 Å². The minimum atomic E-state index is 0.00988. The minimum Gasteiger partial charge on any atom is -0.289 e. The topological polar surface area (TPSA) is 36.2 Å². The van der Waals surface area contributed by atoms with Crippen LogP contribution >= 0.6 is 11.6 Å². The van der Waals surface area contributed by atoms with Gasteiger partial charge in [-0.1, -0.05) is 18.2 Å². The second-order valence-electron chi connectivity index (χ2n) is 2.23. The summed E-state index contributed by atoms with van der Waals surface area (Å²) in [6.07, 6.45) is 3.15. The molecule has 1 N–H and O–H groups in total. The van der Waals surface area contributed by atoms with Gasteiger partial charge in [0.05, 0.1) is 0 Å². The molecule has 0 heterocycles. The van der Waals surface area contributed by atoms with E-state index < -0.39 is 0 Å². The van der Waals surface area contributed by atoms with Crippen molar-refractivity contribution in [3.05, 3.63) is 23.9 Å². The van der Waals surface area contributed by atoms with Crippen LogP contribution in [0.5, 0.6) is 0 Å². The maximum atomic E-state index is 6.92. The van der Waals surface area contributed by atoms with Crippen molar-refractivity contribution in [3.8, 4) is 0 Å². The molecule has 0 aromatic rings. The number of aliphatic imine (C=N–C) groups is 1. The Kier molecular flexibility index (Phi) is 4.46. The van der Waals surface area contributed by atoms with E-state index in [1.807, 2.05) is 6.92 Å². The summed E-state index contributed by atoms with van der Waals surface area (Å²) >= 11 is 5.31. The average molecular weight is 171 g/mol. The van der Waals surface area contributed by atoms with Crippen LogP contribution < -0.4 is 0 Å². The van der Waals surface area contributed by atoms with Gasteiger partial charge in [0.15, 0.2) is 0 Å². The highest BCUT2D eigenvalue weighted by molar-refractivity contribution is 6.67. The predicted octanol–water partition coefficient (Wildman–Crippen LogP) is 2.75. The average Bonchev–Trinajstić information content (AvgIpc) is 1.82. The zero-order chi connectivity index (χ0) is 8.85. The molecule has 3 heteroatoms. The molecule has 0 saturated heterocycles. The summed E-state index contributed by atoms with van der Waals surface area (Å²) in [6.45, 7) is 7.22. The van der Waals surface area contributed by atoms with Gasteiger partial charge in [-0.2, -0.15) is 0 Å². The molecule has 2 nitrogen and oxygen atoms in total. The first-order valence-corrected chi connectivity index (χ1v) is 3.52. The molecular weight excluding hydrogens is 160 g/mol. The Hall–Kier alpha value is -0.890. The van der Waals surface area contributed by atoms with E-state index >= 15 is 0 Å². The lowest BCUT2D eigenvalue weighted by atomic mass is 10.3. The maximum absolute atomic E-state index is 6.92. The van der Waals surface area contributed by atoms with Crippen molar-refractivity contribution < 1.29 is 0 Å². The molecule has 0 fully saturated rings. The van der Waals surface area contributed by atoms with Crippen LogP contribution in [0.1, 0.15) is 13.8 Å². The Bertz CT molecular complexity index is 226. The van der Waals surface area contributed by atoms with Crippen molar-refractivity contribution in [1.82, 2.24) is 0 Å². The molecule has 0 amide bonds. The number of hydrogen-bond acceptors (Lipinski definition) is 2. The fourth-order valence-electron chi connectivity index (χ4n) is 0.449. The summed E-state index contributed by atoms with van der Waals surface area (Å²) in [6, 6.07) is 0. The lowest BCUT2D eigenvalue weighted by Crippen LogP contribution is -1.82. The van der Waals surface area contributed by atoms with E-state index in [1.165, 1.54) is 6.08 Å². The molecule has 0 aliphatic carbocycles. The van der Waals surface area contributed by atoms with Crippen LogP contribution in [0.25, 0.3) is 0 Å². The Morgan fingerprint density at radius 2 is 2.09 bits per heavy atom. The molecule has 0 aromatic carbocycles. The van der Waals surface area contributed by atoms with Gasteiger partial charge in [0.2, 0.25) is 0 Å². The summed E-state index contributed by atoms with van der Waals surface area (Å²) < 4.78 is 0. The van der Waals surface area contributed by atoms with Gasteiger partial charge in [-0.3, -0.25) is 10.4 Å². The largest absolute Gasteiger partial charge is 0.289 e. The molecule has 0 aromatic heterocycles. The van der Waals surface area contributed by atoms with Gasteiger partial charge < -0.3 is 0 Å². The number of halogens is 1. The lowest BCUT2D eigenvalue weighted by Gasteiger charge is -1.89. The molecule has 0 rings (SSSR count). The van der Waals surface area contributed by atoms with E-state index in [4.69, 9.17) is 17.0 Å². The maximum Gasteiger partial charge on any atom is 0.121 e. The molecule has 0 atom stereocenters. The number of allylic oxidation sites excluding steroid dienone is 3. The highest BCUT2D eigenvalue weighted by Crippen LogP contribution is 1.94. The van der Waals surface area contributed by atoms with Gasteiger partial charge >= 0.3 is 0 Å². The van der Waals surface area contributed by atoms with Crippen LogP contribution in [0.4, 0.5) is 0 Å². The first-order valence-electron chi connectivity index (χ1n) is 3.14. The molecule has 0 bridgehead atoms. The zero-order valence-electron chi connectivity index (χ0n) is 6.69. The van der Waals surface area contributed by atoms with E-state index in [0.29, 0.717) is 0 Å². The van der Waals surface area contributed by atoms with Gasteiger partial charge in [-0.15, -0.1) is 0 Å². The number of hydrogen-bond donors (Lipinski definition) is 1.